The van der Waals surface area contributed by atoms with Gasteiger partial charge in [0.25, 0.3) is 0 Å². The summed E-state index contributed by atoms with van der Waals surface area (Å²) < 4.78 is 0. The van der Waals surface area contributed by atoms with Crippen LogP contribution >= 0.6 is 11.6 Å². The Bertz CT molecular complexity index is 715. The summed E-state index contributed by atoms with van der Waals surface area (Å²) in [5.41, 5.74) is 3.45. The molecule has 2 aromatic rings. The molecule has 2 aromatic carbocycles. The lowest BCUT2D eigenvalue weighted by Gasteiger charge is -2.27. The predicted molar refractivity (Wildman–Crippen MR) is 109 cm³/mol. The summed E-state index contributed by atoms with van der Waals surface area (Å²) in [5, 5.41) is 3.71. The van der Waals surface area contributed by atoms with Crippen molar-refractivity contribution in [2.24, 2.45) is 0 Å². The smallest absolute Gasteiger partial charge is 0.317 e. The topological polar surface area (TPSA) is 35.6 Å². The van der Waals surface area contributed by atoms with Crippen molar-refractivity contribution in [1.82, 2.24) is 15.1 Å². The van der Waals surface area contributed by atoms with Gasteiger partial charge < -0.3 is 15.1 Å². The van der Waals surface area contributed by atoms with Gasteiger partial charge in [-0.05, 0) is 43.3 Å². The quantitative estimate of drug-likeness (QED) is 0.783. The number of hydrogen-bond donors (Lipinski definition) is 1. The van der Waals surface area contributed by atoms with Crippen molar-refractivity contribution in [3.8, 4) is 0 Å². The molecule has 0 aliphatic heterocycles. The van der Waals surface area contributed by atoms with E-state index in [0.717, 1.165) is 12.0 Å². The summed E-state index contributed by atoms with van der Waals surface area (Å²) in [6.45, 7) is 3.17. The molecule has 26 heavy (non-hydrogen) atoms. The molecular formula is C21H28ClN3O. The zero-order chi connectivity index (χ0) is 19.1. The molecule has 1 N–H and O–H groups in total. The summed E-state index contributed by atoms with van der Waals surface area (Å²) >= 11 is 6.18. The zero-order valence-electron chi connectivity index (χ0n) is 16.0. The van der Waals surface area contributed by atoms with E-state index in [4.69, 9.17) is 11.6 Å². The van der Waals surface area contributed by atoms with E-state index in [1.165, 1.54) is 11.1 Å². The van der Waals surface area contributed by atoms with E-state index in [9.17, 15) is 4.79 Å². The van der Waals surface area contributed by atoms with Crippen LogP contribution < -0.4 is 5.32 Å². The number of aryl methyl sites for hydroxylation is 1. The average Bonchev–Trinajstić information content (AvgIpc) is 2.63. The first kappa shape index (κ1) is 20.3. The van der Waals surface area contributed by atoms with Crippen molar-refractivity contribution in [2.75, 3.05) is 27.7 Å². The maximum atomic E-state index is 12.5. The number of halogens is 1. The summed E-state index contributed by atoms with van der Waals surface area (Å²) in [7, 11) is 5.83. The SMILES string of the molecule is CCc1ccc(C(CNC(=O)N(C)Cc2ccccc2Cl)N(C)C)cc1. The molecule has 4 nitrogen and oxygen atoms in total. The fourth-order valence-corrected chi connectivity index (χ4v) is 3.04. The third kappa shape index (κ3) is 5.48. The Hall–Kier alpha value is -2.04. The molecule has 0 aliphatic carbocycles. The molecule has 0 fully saturated rings. The van der Waals surface area contributed by atoms with Crippen LogP contribution in [0.3, 0.4) is 0 Å². The summed E-state index contributed by atoms with van der Waals surface area (Å²) in [6.07, 6.45) is 1.02. The van der Waals surface area contributed by atoms with Gasteiger partial charge in [-0.15, -0.1) is 0 Å². The molecule has 1 unspecified atom stereocenters. The Balaban J connectivity index is 1.97. The number of nitrogens with one attached hydrogen (secondary N) is 1. The van der Waals surface area contributed by atoms with Crippen molar-refractivity contribution in [3.05, 3.63) is 70.2 Å². The lowest BCUT2D eigenvalue weighted by molar-refractivity contribution is 0.200. The van der Waals surface area contributed by atoms with E-state index >= 15 is 0 Å². The Labute approximate surface area is 161 Å². The molecule has 0 saturated carbocycles. The molecule has 140 valence electrons. The van der Waals surface area contributed by atoms with Gasteiger partial charge in [0.2, 0.25) is 0 Å². The van der Waals surface area contributed by atoms with Crippen LogP contribution in [0, 0.1) is 0 Å². The molecule has 5 heteroatoms. The van der Waals surface area contributed by atoms with Gasteiger partial charge in [0.1, 0.15) is 0 Å². The maximum Gasteiger partial charge on any atom is 0.317 e. The molecule has 0 aromatic heterocycles. The molecule has 0 heterocycles. The van der Waals surface area contributed by atoms with Gasteiger partial charge in [-0.25, -0.2) is 4.79 Å². The maximum absolute atomic E-state index is 12.5. The number of amides is 2. The van der Waals surface area contributed by atoms with E-state index in [0.29, 0.717) is 18.1 Å². The van der Waals surface area contributed by atoms with Crippen molar-refractivity contribution in [3.63, 3.8) is 0 Å². The van der Waals surface area contributed by atoms with Crippen LogP contribution in [0.15, 0.2) is 48.5 Å². The number of benzene rings is 2. The van der Waals surface area contributed by atoms with Gasteiger partial charge in [0.05, 0.1) is 6.04 Å². The van der Waals surface area contributed by atoms with Crippen LogP contribution in [-0.2, 0) is 13.0 Å². The van der Waals surface area contributed by atoms with E-state index in [1.54, 1.807) is 11.9 Å². The third-order valence-corrected chi connectivity index (χ3v) is 4.92. The number of carbonyl (C=O) groups is 1. The molecule has 0 aliphatic rings. The van der Waals surface area contributed by atoms with Crippen LogP contribution in [0.4, 0.5) is 4.79 Å². The fraction of sp³-hybridized carbons (Fsp3) is 0.381. The first-order chi connectivity index (χ1) is 12.4. The van der Waals surface area contributed by atoms with E-state index in [1.807, 2.05) is 38.4 Å². The molecule has 2 amide bonds. The summed E-state index contributed by atoms with van der Waals surface area (Å²) in [4.78, 5) is 16.2. The predicted octanol–water partition coefficient (Wildman–Crippen LogP) is 4.35. The fourth-order valence-electron chi connectivity index (χ4n) is 2.85. The average molecular weight is 374 g/mol. The summed E-state index contributed by atoms with van der Waals surface area (Å²) in [6, 6.07) is 16.2. The number of urea groups is 1. The highest BCUT2D eigenvalue weighted by atomic mass is 35.5. The Kier molecular flexibility index (Phi) is 7.49. The third-order valence-electron chi connectivity index (χ3n) is 4.55. The highest BCUT2D eigenvalue weighted by molar-refractivity contribution is 6.31. The van der Waals surface area contributed by atoms with Crippen molar-refractivity contribution in [1.29, 1.82) is 0 Å². The number of hydrogen-bond acceptors (Lipinski definition) is 2. The van der Waals surface area contributed by atoms with Gasteiger partial charge in [0, 0.05) is 25.2 Å². The second kappa shape index (κ2) is 9.60. The minimum absolute atomic E-state index is 0.109. The van der Waals surface area contributed by atoms with E-state index < -0.39 is 0 Å². The lowest BCUT2D eigenvalue weighted by Crippen LogP contribution is -2.41. The molecular weight excluding hydrogens is 346 g/mol. The molecule has 0 radical (unpaired) electrons. The van der Waals surface area contributed by atoms with E-state index in [-0.39, 0.29) is 12.1 Å². The van der Waals surface area contributed by atoms with Crippen LogP contribution in [-0.4, -0.2) is 43.5 Å². The van der Waals surface area contributed by atoms with Crippen molar-refractivity contribution >= 4 is 17.6 Å². The van der Waals surface area contributed by atoms with Crippen molar-refractivity contribution in [2.45, 2.75) is 25.9 Å². The van der Waals surface area contributed by atoms with Crippen LogP contribution in [0.2, 0.25) is 5.02 Å². The molecule has 0 spiro atoms. The number of rotatable bonds is 7. The normalized spacial score (nSPS) is 12.1. The summed E-state index contributed by atoms with van der Waals surface area (Å²) in [5.74, 6) is 0. The van der Waals surface area contributed by atoms with Gasteiger partial charge in [-0.1, -0.05) is 61.0 Å². The first-order valence-electron chi connectivity index (χ1n) is 8.90. The zero-order valence-corrected chi connectivity index (χ0v) is 16.8. The monoisotopic (exact) mass is 373 g/mol. The number of likely N-dealkylation sites (N-methyl/N-ethyl adjacent to an activating group) is 1. The highest BCUT2D eigenvalue weighted by Crippen LogP contribution is 2.19. The molecule has 2 rings (SSSR count). The van der Waals surface area contributed by atoms with Crippen LogP contribution in [0.1, 0.15) is 29.7 Å². The number of nitrogens with zero attached hydrogens (tertiary/aromatic N) is 2. The second-order valence-corrected chi connectivity index (χ2v) is 7.12. The van der Waals surface area contributed by atoms with Gasteiger partial charge >= 0.3 is 6.03 Å². The standard InChI is InChI=1S/C21H28ClN3O/c1-5-16-10-12-17(13-11-16)20(24(2)3)14-23-21(26)25(4)15-18-8-6-7-9-19(18)22/h6-13,20H,5,14-15H2,1-4H3,(H,23,26). The van der Waals surface area contributed by atoms with Crippen molar-refractivity contribution < 1.29 is 4.79 Å². The largest absolute Gasteiger partial charge is 0.336 e. The molecule has 1 atom stereocenters. The first-order valence-corrected chi connectivity index (χ1v) is 9.27. The Morgan fingerprint density at radius 2 is 1.73 bits per heavy atom. The van der Waals surface area contributed by atoms with Crippen LogP contribution in [0.5, 0.6) is 0 Å². The Morgan fingerprint density at radius 3 is 2.31 bits per heavy atom. The highest BCUT2D eigenvalue weighted by Gasteiger charge is 2.17. The van der Waals surface area contributed by atoms with E-state index in [2.05, 4.69) is 41.4 Å². The minimum Gasteiger partial charge on any atom is -0.336 e. The molecule has 0 bridgehead atoms. The second-order valence-electron chi connectivity index (χ2n) is 6.71. The molecule has 0 saturated heterocycles. The van der Waals surface area contributed by atoms with Gasteiger partial charge in [-0.2, -0.15) is 0 Å². The lowest BCUT2D eigenvalue weighted by atomic mass is 10.0. The van der Waals surface area contributed by atoms with Gasteiger partial charge in [0.15, 0.2) is 0 Å². The van der Waals surface area contributed by atoms with Gasteiger partial charge in [-0.3, -0.25) is 0 Å². The minimum atomic E-state index is -0.109. The van der Waals surface area contributed by atoms with Crippen LogP contribution in [0.25, 0.3) is 0 Å². The Morgan fingerprint density at radius 1 is 1.08 bits per heavy atom. The number of carbonyl (C=O) groups excluding carboxylic acids is 1.